The molecule has 0 radical (unpaired) electrons. The minimum atomic E-state index is -0.595. The summed E-state index contributed by atoms with van der Waals surface area (Å²) in [7, 11) is 0. The van der Waals surface area contributed by atoms with Crippen LogP contribution in [0.25, 0.3) is 16.8 Å². The number of benzene rings is 2. The Bertz CT molecular complexity index is 1270. The monoisotopic (exact) mass is 514 g/mol. The molecule has 1 saturated heterocycles. The molecule has 36 heavy (non-hydrogen) atoms. The van der Waals surface area contributed by atoms with Crippen molar-refractivity contribution in [3.05, 3.63) is 59.1 Å². The summed E-state index contributed by atoms with van der Waals surface area (Å²) >= 11 is 6.82. The standard InChI is InChI=1S/C26H28ClFN4O4/c1-26(2,3)36-25(34)31-11-10-30-14-18-20(32-9-5-8-29-32)12-17(22-19(28)6-4-7-21(22)33)23(27)24(18)35-15-16(30)13-31/h4-9,12,16,33H,10-11,13-15H2,1-3H3/t16-/m1/s1. The van der Waals surface area contributed by atoms with Gasteiger partial charge in [-0.05, 0) is 45.0 Å². The van der Waals surface area contributed by atoms with Crippen LogP contribution in [0.4, 0.5) is 9.18 Å². The number of aromatic hydroxyl groups is 1. The Hall–Kier alpha value is -3.30. The fourth-order valence-electron chi connectivity index (χ4n) is 4.67. The fourth-order valence-corrected chi connectivity index (χ4v) is 4.99. The molecule has 0 aliphatic carbocycles. The number of halogens is 2. The Morgan fingerprint density at radius 3 is 2.78 bits per heavy atom. The van der Waals surface area contributed by atoms with Gasteiger partial charge in [-0.3, -0.25) is 4.90 Å². The van der Waals surface area contributed by atoms with Crippen LogP contribution in [0.2, 0.25) is 5.02 Å². The number of carbonyl (C=O) groups excluding carboxylic acids is 1. The van der Waals surface area contributed by atoms with Crippen molar-refractivity contribution in [1.29, 1.82) is 0 Å². The normalized spacial score (nSPS) is 18.1. The molecule has 1 atom stereocenters. The molecule has 8 nitrogen and oxygen atoms in total. The van der Waals surface area contributed by atoms with Gasteiger partial charge in [0.2, 0.25) is 0 Å². The number of hydrogen-bond donors (Lipinski definition) is 1. The molecular formula is C26H28ClFN4O4. The number of amides is 1. The van der Waals surface area contributed by atoms with E-state index in [1.54, 1.807) is 34.1 Å². The predicted octanol–water partition coefficient (Wildman–Crippen LogP) is 4.85. The summed E-state index contributed by atoms with van der Waals surface area (Å²) in [5.74, 6) is -0.398. The van der Waals surface area contributed by atoms with E-state index in [1.165, 1.54) is 18.2 Å². The first kappa shape index (κ1) is 24.4. The third-order valence-electron chi connectivity index (χ3n) is 6.35. The van der Waals surface area contributed by atoms with Crippen LogP contribution in [-0.2, 0) is 11.3 Å². The van der Waals surface area contributed by atoms with Crippen LogP contribution in [0.5, 0.6) is 11.5 Å². The van der Waals surface area contributed by atoms with E-state index in [0.29, 0.717) is 43.2 Å². The SMILES string of the molecule is CC(C)(C)OC(=O)N1CCN2Cc3c(-n4cccn4)cc(-c4c(O)cccc4F)c(Cl)c3OC[C@H]2C1. The van der Waals surface area contributed by atoms with Gasteiger partial charge in [0.25, 0.3) is 0 Å². The molecule has 10 heteroatoms. The molecular weight excluding hydrogens is 487 g/mol. The Labute approximate surface area is 213 Å². The van der Waals surface area contributed by atoms with Crippen LogP contribution in [0, 0.1) is 5.82 Å². The van der Waals surface area contributed by atoms with E-state index in [9.17, 15) is 14.3 Å². The molecule has 1 aromatic heterocycles. The number of rotatable bonds is 2. The lowest BCUT2D eigenvalue weighted by molar-refractivity contribution is -0.00154. The topological polar surface area (TPSA) is 80.1 Å². The van der Waals surface area contributed by atoms with E-state index < -0.39 is 11.4 Å². The smallest absolute Gasteiger partial charge is 0.410 e. The van der Waals surface area contributed by atoms with Crippen molar-refractivity contribution in [2.24, 2.45) is 0 Å². The molecule has 1 amide bonds. The summed E-state index contributed by atoms with van der Waals surface area (Å²) < 4.78 is 28.3. The first-order valence-electron chi connectivity index (χ1n) is 11.8. The number of aromatic nitrogens is 2. The number of phenolic OH excluding ortho intramolecular Hbond substituents is 1. The van der Waals surface area contributed by atoms with E-state index in [2.05, 4.69) is 10.00 Å². The van der Waals surface area contributed by atoms with Gasteiger partial charge in [0.05, 0.1) is 22.3 Å². The number of nitrogens with zero attached hydrogens (tertiary/aromatic N) is 4. The number of fused-ring (bicyclic) bond motifs is 2. The zero-order valence-electron chi connectivity index (χ0n) is 20.4. The quantitative estimate of drug-likeness (QED) is 0.526. The number of ether oxygens (including phenoxy) is 2. The third kappa shape index (κ3) is 4.60. The number of piperazine rings is 1. The maximum atomic E-state index is 14.8. The summed E-state index contributed by atoms with van der Waals surface area (Å²) in [6.45, 7) is 7.89. The molecule has 2 aliphatic heterocycles. The van der Waals surface area contributed by atoms with Crippen molar-refractivity contribution >= 4 is 17.7 Å². The van der Waals surface area contributed by atoms with E-state index in [0.717, 1.165) is 5.56 Å². The molecule has 0 bridgehead atoms. The van der Waals surface area contributed by atoms with Gasteiger partial charge in [0, 0.05) is 49.7 Å². The number of hydrogen-bond acceptors (Lipinski definition) is 6. The second-order valence-electron chi connectivity index (χ2n) is 10.0. The average molecular weight is 515 g/mol. The van der Waals surface area contributed by atoms with Crippen LogP contribution in [0.3, 0.4) is 0 Å². The van der Waals surface area contributed by atoms with Crippen LogP contribution < -0.4 is 4.74 Å². The van der Waals surface area contributed by atoms with Gasteiger partial charge in [-0.15, -0.1) is 0 Å². The van der Waals surface area contributed by atoms with Gasteiger partial charge in [-0.25, -0.2) is 13.9 Å². The van der Waals surface area contributed by atoms with E-state index >= 15 is 0 Å². The average Bonchev–Trinajstić information content (AvgIpc) is 3.27. The second-order valence-corrected chi connectivity index (χ2v) is 10.4. The summed E-state index contributed by atoms with van der Waals surface area (Å²) in [5.41, 5.74) is 1.21. The zero-order chi connectivity index (χ0) is 25.6. The van der Waals surface area contributed by atoms with Gasteiger partial charge < -0.3 is 19.5 Å². The summed E-state index contributed by atoms with van der Waals surface area (Å²) in [6, 6.07) is 7.56. The van der Waals surface area contributed by atoms with Crippen molar-refractivity contribution < 1.29 is 23.8 Å². The summed E-state index contributed by atoms with van der Waals surface area (Å²) in [5, 5.41) is 15.1. The Morgan fingerprint density at radius 1 is 1.28 bits per heavy atom. The van der Waals surface area contributed by atoms with E-state index in [-0.39, 0.29) is 35.1 Å². The minimum Gasteiger partial charge on any atom is -0.507 e. The predicted molar refractivity (Wildman–Crippen MR) is 133 cm³/mol. The number of phenols is 1. The molecule has 0 unspecified atom stereocenters. The maximum absolute atomic E-state index is 14.8. The van der Waals surface area contributed by atoms with Gasteiger partial charge in [-0.1, -0.05) is 17.7 Å². The maximum Gasteiger partial charge on any atom is 0.410 e. The van der Waals surface area contributed by atoms with Crippen LogP contribution >= 0.6 is 11.6 Å². The summed E-state index contributed by atoms with van der Waals surface area (Å²) in [6.07, 6.45) is 3.09. The highest BCUT2D eigenvalue weighted by Gasteiger charge is 2.36. The van der Waals surface area contributed by atoms with Gasteiger partial charge in [0.15, 0.2) is 0 Å². The molecule has 2 aromatic carbocycles. The highest BCUT2D eigenvalue weighted by Crippen LogP contribution is 2.46. The molecule has 5 rings (SSSR count). The van der Waals surface area contributed by atoms with Crippen LogP contribution in [-0.4, -0.2) is 68.7 Å². The zero-order valence-corrected chi connectivity index (χ0v) is 21.1. The van der Waals surface area contributed by atoms with Gasteiger partial charge in [-0.2, -0.15) is 5.10 Å². The lowest BCUT2D eigenvalue weighted by Gasteiger charge is -2.40. The Balaban J connectivity index is 1.54. The van der Waals surface area contributed by atoms with Crippen molar-refractivity contribution in [3.8, 4) is 28.3 Å². The third-order valence-corrected chi connectivity index (χ3v) is 6.73. The lowest BCUT2D eigenvalue weighted by atomic mass is 9.99. The van der Waals surface area contributed by atoms with E-state index in [1.807, 2.05) is 20.8 Å². The van der Waals surface area contributed by atoms with Crippen LogP contribution in [0.1, 0.15) is 26.3 Å². The highest BCUT2D eigenvalue weighted by molar-refractivity contribution is 6.35. The number of carbonyl (C=O) groups is 1. The van der Waals surface area contributed by atoms with E-state index in [4.69, 9.17) is 21.1 Å². The molecule has 1 N–H and O–H groups in total. The largest absolute Gasteiger partial charge is 0.507 e. The van der Waals surface area contributed by atoms with Crippen molar-refractivity contribution in [2.75, 3.05) is 26.2 Å². The highest BCUT2D eigenvalue weighted by atomic mass is 35.5. The molecule has 3 aromatic rings. The van der Waals surface area contributed by atoms with Crippen molar-refractivity contribution in [2.45, 2.75) is 39.0 Å². The first-order chi connectivity index (χ1) is 17.1. The second kappa shape index (κ2) is 9.29. The van der Waals surface area contributed by atoms with Gasteiger partial charge >= 0.3 is 6.09 Å². The molecule has 3 heterocycles. The minimum absolute atomic E-state index is 0.000349. The molecule has 190 valence electrons. The van der Waals surface area contributed by atoms with Crippen LogP contribution in [0.15, 0.2) is 42.7 Å². The first-order valence-corrected chi connectivity index (χ1v) is 12.2. The Kier molecular flexibility index (Phi) is 6.30. The van der Waals surface area contributed by atoms with Crippen molar-refractivity contribution in [3.63, 3.8) is 0 Å². The molecule has 1 fully saturated rings. The molecule has 0 saturated carbocycles. The van der Waals surface area contributed by atoms with Crippen molar-refractivity contribution in [1.82, 2.24) is 19.6 Å². The Morgan fingerprint density at radius 2 is 2.08 bits per heavy atom. The molecule has 2 aliphatic rings. The fraction of sp³-hybridized carbons (Fsp3) is 0.385. The van der Waals surface area contributed by atoms with Gasteiger partial charge in [0.1, 0.15) is 29.5 Å². The lowest BCUT2D eigenvalue weighted by Crippen LogP contribution is -2.56. The molecule has 0 spiro atoms. The summed E-state index contributed by atoms with van der Waals surface area (Å²) in [4.78, 5) is 16.6.